The smallest absolute Gasteiger partial charge is 0.312 e. The van der Waals surface area contributed by atoms with Crippen LogP contribution in [0.5, 0.6) is 0 Å². The number of rotatable bonds is 4. The molecule has 0 unspecified atom stereocenters. The van der Waals surface area contributed by atoms with Gasteiger partial charge in [0.2, 0.25) is 0 Å². The summed E-state index contributed by atoms with van der Waals surface area (Å²) in [5, 5.41) is 0. The Morgan fingerprint density at radius 2 is 1.36 bits per heavy atom. The van der Waals surface area contributed by atoms with Crippen molar-refractivity contribution in [3.63, 3.8) is 0 Å². The van der Waals surface area contributed by atoms with Crippen LogP contribution in [0.1, 0.15) is 59.3 Å². The van der Waals surface area contributed by atoms with E-state index in [0.29, 0.717) is 0 Å². The van der Waals surface area contributed by atoms with Gasteiger partial charge in [0.05, 0.1) is 10.8 Å². The van der Waals surface area contributed by atoms with Crippen molar-refractivity contribution in [3.8, 4) is 0 Å². The summed E-state index contributed by atoms with van der Waals surface area (Å²) in [5.41, 5.74) is -0.729. The van der Waals surface area contributed by atoms with E-state index in [4.69, 9.17) is 9.47 Å². The molecule has 0 spiro atoms. The van der Waals surface area contributed by atoms with Crippen molar-refractivity contribution in [1.29, 1.82) is 0 Å². The summed E-state index contributed by atoms with van der Waals surface area (Å²) in [6.45, 7) is 5.79. The summed E-state index contributed by atoms with van der Waals surface area (Å²) < 4.78 is 10.6. The molecule has 0 aromatic carbocycles. The van der Waals surface area contributed by atoms with Gasteiger partial charge in [-0.1, -0.05) is 0 Å². The van der Waals surface area contributed by atoms with E-state index in [9.17, 15) is 9.59 Å². The molecule has 0 radical (unpaired) electrons. The Kier molecular flexibility index (Phi) is 3.98. The summed E-state index contributed by atoms with van der Waals surface area (Å²) in [4.78, 5) is 24.2. The van der Waals surface area contributed by atoms with E-state index in [1.807, 2.05) is 20.8 Å². The number of esters is 2. The first-order chi connectivity index (χ1) is 10.3. The second-order valence-corrected chi connectivity index (χ2v) is 8.72. The average Bonchev–Trinajstić information content (AvgIpc) is 2.40. The van der Waals surface area contributed by atoms with Crippen LogP contribution in [0.2, 0.25) is 0 Å². The van der Waals surface area contributed by atoms with Crippen LogP contribution >= 0.6 is 0 Å². The molecule has 4 saturated carbocycles. The van der Waals surface area contributed by atoms with Crippen molar-refractivity contribution in [2.45, 2.75) is 59.3 Å². The highest BCUT2D eigenvalue weighted by Gasteiger charge is 2.55. The van der Waals surface area contributed by atoms with E-state index in [0.717, 1.165) is 37.0 Å². The zero-order valence-corrected chi connectivity index (χ0v) is 14.0. The topological polar surface area (TPSA) is 52.6 Å². The molecule has 4 nitrogen and oxygen atoms in total. The summed E-state index contributed by atoms with van der Waals surface area (Å²) in [6.07, 6.45) is 6.99. The van der Waals surface area contributed by atoms with Crippen LogP contribution in [0.25, 0.3) is 0 Å². The van der Waals surface area contributed by atoms with Crippen molar-refractivity contribution in [2.75, 3.05) is 13.2 Å². The minimum Gasteiger partial charge on any atom is -0.462 e. The average molecular weight is 308 g/mol. The van der Waals surface area contributed by atoms with Crippen LogP contribution in [0.3, 0.4) is 0 Å². The molecule has 4 rings (SSSR count). The van der Waals surface area contributed by atoms with Gasteiger partial charge in [-0.25, -0.2) is 0 Å². The summed E-state index contributed by atoms with van der Waals surface area (Å²) in [6, 6.07) is 0. The first-order valence-corrected chi connectivity index (χ1v) is 8.63. The van der Waals surface area contributed by atoms with Gasteiger partial charge in [-0.15, -0.1) is 0 Å². The molecule has 0 heterocycles. The Bertz CT molecular complexity index is 425. The SMILES string of the molecule is CC(C)(C)C(=O)OCCOC(=O)C12CC3CC(CC(C3)C1)C2. The van der Waals surface area contributed by atoms with Crippen molar-refractivity contribution < 1.29 is 19.1 Å². The molecule has 0 saturated heterocycles. The second kappa shape index (κ2) is 5.54. The largest absolute Gasteiger partial charge is 0.462 e. The minimum absolute atomic E-state index is 0.0431. The van der Waals surface area contributed by atoms with E-state index in [2.05, 4.69) is 0 Å². The molecule has 4 bridgehead atoms. The summed E-state index contributed by atoms with van der Waals surface area (Å²) in [5.74, 6) is 1.91. The van der Waals surface area contributed by atoms with Crippen LogP contribution < -0.4 is 0 Å². The van der Waals surface area contributed by atoms with Crippen LogP contribution in [0.4, 0.5) is 0 Å². The van der Waals surface area contributed by atoms with Gasteiger partial charge in [-0.05, 0) is 77.0 Å². The maximum atomic E-state index is 12.6. The third-order valence-corrected chi connectivity index (χ3v) is 5.63. The van der Waals surface area contributed by atoms with Crippen LogP contribution in [-0.4, -0.2) is 25.2 Å². The van der Waals surface area contributed by atoms with Gasteiger partial charge < -0.3 is 9.47 Å². The standard InChI is InChI=1S/C18H28O4/c1-17(2,3)15(19)21-4-5-22-16(20)18-9-12-6-13(10-18)8-14(7-12)11-18/h12-14H,4-11H2,1-3H3. The van der Waals surface area contributed by atoms with Gasteiger partial charge in [0, 0.05) is 0 Å². The fraction of sp³-hybridized carbons (Fsp3) is 0.889. The lowest BCUT2D eigenvalue weighted by atomic mass is 9.49. The molecule has 4 aliphatic carbocycles. The van der Waals surface area contributed by atoms with E-state index >= 15 is 0 Å². The van der Waals surface area contributed by atoms with Gasteiger partial charge in [0.1, 0.15) is 13.2 Å². The molecule has 0 N–H and O–H groups in total. The van der Waals surface area contributed by atoms with Gasteiger partial charge in [-0.3, -0.25) is 9.59 Å². The molecule has 4 heteroatoms. The number of ether oxygens (including phenoxy) is 2. The molecule has 124 valence electrons. The number of hydrogen-bond donors (Lipinski definition) is 0. The minimum atomic E-state index is -0.510. The Labute approximate surface area is 132 Å². The van der Waals surface area contributed by atoms with Gasteiger partial charge in [0.25, 0.3) is 0 Å². The lowest BCUT2D eigenvalue weighted by molar-refractivity contribution is -0.175. The normalized spacial score (nSPS) is 36.2. The monoisotopic (exact) mass is 308 g/mol. The lowest BCUT2D eigenvalue weighted by Gasteiger charge is -2.55. The predicted octanol–water partition coefficient (Wildman–Crippen LogP) is 3.34. The van der Waals surface area contributed by atoms with E-state index < -0.39 is 5.41 Å². The molecular formula is C18H28O4. The zero-order chi connectivity index (χ0) is 16.0. The van der Waals surface area contributed by atoms with Gasteiger partial charge >= 0.3 is 11.9 Å². The second-order valence-electron chi connectivity index (χ2n) is 8.72. The maximum Gasteiger partial charge on any atom is 0.312 e. The van der Waals surface area contributed by atoms with Gasteiger partial charge in [0.15, 0.2) is 0 Å². The van der Waals surface area contributed by atoms with Crippen molar-refractivity contribution in [1.82, 2.24) is 0 Å². The van der Waals surface area contributed by atoms with E-state index in [1.54, 1.807) is 0 Å². The van der Waals surface area contributed by atoms with Crippen molar-refractivity contribution >= 4 is 11.9 Å². The van der Waals surface area contributed by atoms with Crippen molar-refractivity contribution in [3.05, 3.63) is 0 Å². The molecule has 0 amide bonds. The highest BCUT2D eigenvalue weighted by molar-refractivity contribution is 5.77. The highest BCUT2D eigenvalue weighted by atomic mass is 16.6. The molecule has 4 aliphatic rings. The number of hydrogen-bond acceptors (Lipinski definition) is 4. The first kappa shape index (κ1) is 15.8. The maximum absolute atomic E-state index is 12.6. The number of carbonyl (C=O) groups is 2. The molecular weight excluding hydrogens is 280 g/mol. The fourth-order valence-corrected chi connectivity index (χ4v) is 5.00. The fourth-order valence-electron chi connectivity index (χ4n) is 5.00. The quantitative estimate of drug-likeness (QED) is 0.590. The predicted molar refractivity (Wildman–Crippen MR) is 82.0 cm³/mol. The third-order valence-electron chi connectivity index (χ3n) is 5.63. The summed E-state index contributed by atoms with van der Waals surface area (Å²) in [7, 11) is 0. The first-order valence-electron chi connectivity index (χ1n) is 8.63. The summed E-state index contributed by atoms with van der Waals surface area (Å²) >= 11 is 0. The third kappa shape index (κ3) is 3.02. The molecule has 22 heavy (non-hydrogen) atoms. The van der Waals surface area contributed by atoms with Gasteiger partial charge in [-0.2, -0.15) is 0 Å². The zero-order valence-electron chi connectivity index (χ0n) is 14.0. The Balaban J connectivity index is 1.48. The molecule has 0 aromatic rings. The molecule has 4 fully saturated rings. The Morgan fingerprint density at radius 3 is 1.82 bits per heavy atom. The van der Waals surface area contributed by atoms with E-state index in [-0.39, 0.29) is 30.6 Å². The highest BCUT2D eigenvalue weighted by Crippen LogP contribution is 2.60. The van der Waals surface area contributed by atoms with Crippen LogP contribution in [0.15, 0.2) is 0 Å². The van der Waals surface area contributed by atoms with Crippen LogP contribution in [-0.2, 0) is 19.1 Å². The molecule has 0 aromatic heterocycles. The Hall–Kier alpha value is -1.06. The Morgan fingerprint density at radius 1 is 0.909 bits per heavy atom. The van der Waals surface area contributed by atoms with E-state index in [1.165, 1.54) is 19.3 Å². The van der Waals surface area contributed by atoms with Crippen molar-refractivity contribution in [2.24, 2.45) is 28.6 Å². The lowest BCUT2D eigenvalue weighted by Crippen LogP contribution is -2.50. The molecule has 0 aliphatic heterocycles. The number of carbonyl (C=O) groups excluding carboxylic acids is 2. The molecule has 0 atom stereocenters. The van der Waals surface area contributed by atoms with Crippen LogP contribution in [0, 0.1) is 28.6 Å².